The largest absolute Gasteiger partial charge is 0.481 e. The summed E-state index contributed by atoms with van der Waals surface area (Å²) in [5.74, 6) is -1.34. The molecule has 0 aromatic heterocycles. The van der Waals surface area contributed by atoms with Crippen LogP contribution in [0.2, 0.25) is 0 Å². The molecule has 0 fully saturated rings. The van der Waals surface area contributed by atoms with Gasteiger partial charge in [0.15, 0.2) is 0 Å². The maximum atomic E-state index is 10.0. The zero-order chi connectivity index (χ0) is 29.5. The van der Waals surface area contributed by atoms with E-state index in [1.807, 2.05) is 0 Å². The Labute approximate surface area is 232 Å². The van der Waals surface area contributed by atoms with Crippen LogP contribution >= 0.6 is 0 Å². The van der Waals surface area contributed by atoms with E-state index >= 15 is 0 Å². The van der Waals surface area contributed by atoms with Crippen LogP contribution in [-0.2, 0) is 9.59 Å². The first-order valence-electron chi connectivity index (χ1n) is 15.4. The summed E-state index contributed by atoms with van der Waals surface area (Å²) in [5.41, 5.74) is 0. The molecule has 37 heavy (non-hydrogen) atoms. The summed E-state index contributed by atoms with van der Waals surface area (Å²) in [7, 11) is 0. The first kappa shape index (κ1) is 42.9. The lowest BCUT2D eigenvalue weighted by Crippen LogP contribution is -2.33. The molecule has 0 heterocycles. The number of carbonyl (C=O) groups is 2. The summed E-state index contributed by atoms with van der Waals surface area (Å²) >= 11 is 0. The van der Waals surface area contributed by atoms with Gasteiger partial charge in [-0.3, -0.25) is 9.59 Å². The first-order valence-corrected chi connectivity index (χ1v) is 15.4. The van der Waals surface area contributed by atoms with E-state index in [-0.39, 0.29) is 0 Å². The molecule has 0 rings (SSSR count). The van der Waals surface area contributed by atoms with Gasteiger partial charge in [0.1, 0.15) is 0 Å². The van der Waals surface area contributed by atoms with Crippen molar-refractivity contribution in [2.45, 2.75) is 190 Å². The van der Waals surface area contributed by atoms with Crippen LogP contribution < -0.4 is 10.6 Å². The fourth-order valence-electron chi connectivity index (χ4n) is 3.03. The summed E-state index contributed by atoms with van der Waals surface area (Å²) in [4.78, 5) is 20.0. The highest BCUT2D eigenvalue weighted by Crippen LogP contribution is 2.04. The lowest BCUT2D eigenvalue weighted by molar-refractivity contribution is -0.138. The quantitative estimate of drug-likeness (QED) is 0.124. The van der Waals surface area contributed by atoms with E-state index in [4.69, 9.17) is 10.2 Å². The van der Waals surface area contributed by atoms with Crippen molar-refractivity contribution in [2.75, 3.05) is 0 Å². The number of nitrogens with one attached hydrogen (secondary N) is 2. The second kappa shape index (κ2) is 34.9. The summed E-state index contributed by atoms with van der Waals surface area (Å²) in [6, 6.07) is 2.72. The number of unbranched alkanes of at least 4 members (excludes halogenated alkanes) is 7. The lowest BCUT2D eigenvalue weighted by Gasteiger charge is -2.16. The van der Waals surface area contributed by atoms with E-state index in [2.05, 4.69) is 79.9 Å². The molecule has 226 valence electrons. The van der Waals surface area contributed by atoms with Crippen LogP contribution in [0.25, 0.3) is 0 Å². The summed E-state index contributed by atoms with van der Waals surface area (Å²) in [6.45, 7) is 22.0. The second-order valence-electron chi connectivity index (χ2n) is 10.3. The van der Waals surface area contributed by atoms with Crippen LogP contribution in [0.4, 0.5) is 0 Å². The minimum Gasteiger partial charge on any atom is -0.481 e. The van der Waals surface area contributed by atoms with Gasteiger partial charge >= 0.3 is 11.9 Å². The molecule has 6 heteroatoms. The van der Waals surface area contributed by atoms with Gasteiger partial charge < -0.3 is 20.8 Å². The predicted octanol–water partition coefficient (Wildman–Crippen LogP) is 8.82. The third kappa shape index (κ3) is 48.5. The zero-order valence-electron chi connectivity index (χ0n) is 26.6. The third-order valence-corrected chi connectivity index (χ3v) is 6.33. The maximum absolute atomic E-state index is 10.0. The van der Waals surface area contributed by atoms with E-state index in [1.165, 1.54) is 51.4 Å². The molecule has 0 aromatic carbocycles. The molecule has 0 amide bonds. The van der Waals surface area contributed by atoms with Crippen molar-refractivity contribution in [3.8, 4) is 0 Å². The number of hydrogen-bond donors (Lipinski definition) is 4. The molecule has 4 N–H and O–H groups in total. The van der Waals surface area contributed by atoms with Gasteiger partial charge in [0.25, 0.3) is 0 Å². The van der Waals surface area contributed by atoms with Gasteiger partial charge in [0.2, 0.25) is 0 Å². The molecule has 6 nitrogen and oxygen atoms in total. The Morgan fingerprint density at radius 3 is 0.946 bits per heavy atom. The monoisotopic (exact) mass is 533 g/mol. The Kier molecular flexibility index (Phi) is 40.4. The molecule has 0 aromatic rings. The van der Waals surface area contributed by atoms with Crippen LogP contribution in [0.3, 0.4) is 0 Å². The van der Waals surface area contributed by atoms with Crippen molar-refractivity contribution in [2.24, 2.45) is 0 Å². The highest BCUT2D eigenvalue weighted by Gasteiger charge is 2.02. The van der Waals surface area contributed by atoms with Crippen LogP contribution in [0.1, 0.15) is 166 Å². The molecular formula is C31H68N2O4. The van der Waals surface area contributed by atoms with Gasteiger partial charge in [-0.1, -0.05) is 86.5 Å². The average Bonchev–Trinajstić information content (AvgIpc) is 2.87. The average molecular weight is 533 g/mol. The van der Waals surface area contributed by atoms with Gasteiger partial charge in [-0.2, -0.15) is 0 Å². The van der Waals surface area contributed by atoms with Crippen LogP contribution in [0.15, 0.2) is 0 Å². The molecule has 0 aliphatic heterocycles. The highest BCUT2D eigenvalue weighted by atomic mass is 16.4. The molecule has 4 atom stereocenters. The van der Waals surface area contributed by atoms with Crippen molar-refractivity contribution in [1.29, 1.82) is 0 Å². The lowest BCUT2D eigenvalue weighted by atomic mass is 10.1. The van der Waals surface area contributed by atoms with Gasteiger partial charge in [-0.05, 0) is 66.2 Å². The number of hydrogen-bond acceptors (Lipinski definition) is 4. The maximum Gasteiger partial charge on any atom is 0.303 e. The van der Waals surface area contributed by atoms with Crippen molar-refractivity contribution in [3.05, 3.63) is 0 Å². The zero-order valence-corrected chi connectivity index (χ0v) is 26.6. The van der Waals surface area contributed by atoms with E-state index < -0.39 is 11.9 Å². The Morgan fingerprint density at radius 1 is 0.486 bits per heavy atom. The molecule has 0 saturated heterocycles. The standard InChI is InChI=1S/2C8H19N.C8H16O2.C7H14O2/c2*1-5-7(3)9-8(4)6-2;1-2-3-4-5-6-7-8(9)10;1-2-3-4-5-6-7(8)9/h2*7-9H,5-6H2,1-4H3;2-7H2,1H3,(H,9,10);2-6H2,1H3,(H,8,9). The SMILES string of the molecule is CCC(C)NC(C)CC.CCC(C)NC(C)CC.CCCCCCC(=O)O.CCCCCCCC(=O)O. The molecule has 0 bridgehead atoms. The first-order chi connectivity index (χ1) is 17.4. The smallest absolute Gasteiger partial charge is 0.303 e. The van der Waals surface area contributed by atoms with E-state index in [9.17, 15) is 9.59 Å². The fourth-order valence-corrected chi connectivity index (χ4v) is 3.03. The van der Waals surface area contributed by atoms with Crippen LogP contribution in [0.5, 0.6) is 0 Å². The van der Waals surface area contributed by atoms with Crippen molar-refractivity contribution >= 4 is 11.9 Å². The Bertz CT molecular complexity index is 426. The van der Waals surface area contributed by atoms with E-state index in [0.29, 0.717) is 37.0 Å². The van der Waals surface area contributed by atoms with Crippen molar-refractivity contribution in [3.63, 3.8) is 0 Å². The van der Waals surface area contributed by atoms with Gasteiger partial charge in [-0.15, -0.1) is 0 Å². The summed E-state index contributed by atoms with van der Waals surface area (Å²) in [6.07, 6.45) is 15.3. The minimum absolute atomic E-state index is 0.333. The van der Waals surface area contributed by atoms with E-state index in [0.717, 1.165) is 32.1 Å². The van der Waals surface area contributed by atoms with Gasteiger partial charge in [0, 0.05) is 37.0 Å². The van der Waals surface area contributed by atoms with Crippen molar-refractivity contribution in [1.82, 2.24) is 10.6 Å². The fraction of sp³-hybridized carbons (Fsp3) is 0.935. The van der Waals surface area contributed by atoms with Crippen molar-refractivity contribution < 1.29 is 19.8 Å². The number of aliphatic carboxylic acids is 2. The normalized spacial score (nSPS) is 13.4. The molecule has 0 saturated carbocycles. The Balaban J connectivity index is -0.000000196. The molecule has 0 aliphatic rings. The molecule has 0 aliphatic carbocycles. The Morgan fingerprint density at radius 2 is 0.730 bits per heavy atom. The van der Waals surface area contributed by atoms with E-state index in [1.54, 1.807) is 0 Å². The highest BCUT2D eigenvalue weighted by molar-refractivity contribution is 5.66. The number of rotatable bonds is 19. The summed E-state index contributed by atoms with van der Waals surface area (Å²) in [5, 5.41) is 23.4. The molecule has 4 unspecified atom stereocenters. The molecular weight excluding hydrogens is 464 g/mol. The molecule has 0 radical (unpaired) electrons. The number of carboxylic acids is 2. The van der Waals surface area contributed by atoms with Crippen LogP contribution in [0, 0.1) is 0 Å². The summed E-state index contributed by atoms with van der Waals surface area (Å²) < 4.78 is 0. The van der Waals surface area contributed by atoms with Crippen LogP contribution in [-0.4, -0.2) is 46.3 Å². The van der Waals surface area contributed by atoms with Gasteiger partial charge in [0.05, 0.1) is 0 Å². The second-order valence-corrected chi connectivity index (χ2v) is 10.3. The third-order valence-electron chi connectivity index (χ3n) is 6.33. The minimum atomic E-state index is -0.675. The number of carboxylic acid groups (broad SMARTS) is 2. The topological polar surface area (TPSA) is 98.7 Å². The Hall–Kier alpha value is -1.14. The molecule has 0 spiro atoms. The predicted molar refractivity (Wildman–Crippen MR) is 163 cm³/mol. The van der Waals surface area contributed by atoms with Gasteiger partial charge in [-0.25, -0.2) is 0 Å².